The Bertz CT molecular complexity index is 146. The summed E-state index contributed by atoms with van der Waals surface area (Å²) in [5, 5.41) is 0. The molecule has 5 atom stereocenters. The highest BCUT2D eigenvalue weighted by Gasteiger charge is 2.48. The van der Waals surface area contributed by atoms with Gasteiger partial charge in [0.2, 0.25) is 0 Å². The third-order valence-corrected chi connectivity index (χ3v) is 4.46. The van der Waals surface area contributed by atoms with Gasteiger partial charge in [-0.1, -0.05) is 41.0 Å². The Morgan fingerprint density at radius 2 is 1.58 bits per heavy atom. The van der Waals surface area contributed by atoms with Crippen LogP contribution < -0.4 is 0 Å². The normalized spacial score (nSPS) is 51.8. The van der Waals surface area contributed by atoms with Gasteiger partial charge < -0.3 is 0 Å². The van der Waals surface area contributed by atoms with Gasteiger partial charge in [0.25, 0.3) is 0 Å². The number of hydrogen-bond donors (Lipinski definition) is 0. The fourth-order valence-electron chi connectivity index (χ4n) is 3.60. The molecule has 0 amide bonds. The molecule has 2 aliphatic rings. The van der Waals surface area contributed by atoms with Crippen LogP contribution in [0.3, 0.4) is 0 Å². The summed E-state index contributed by atoms with van der Waals surface area (Å²) in [4.78, 5) is 0. The molecule has 12 heavy (non-hydrogen) atoms. The third kappa shape index (κ3) is 1.20. The molecular weight excluding hydrogens is 144 g/mol. The lowest BCUT2D eigenvalue weighted by Gasteiger charge is -2.55. The molecule has 0 heterocycles. The monoisotopic (exact) mass is 168 g/mol. The molecule has 72 valence electrons. The summed E-state index contributed by atoms with van der Waals surface area (Å²) in [6.45, 7) is 7.36. The van der Waals surface area contributed by atoms with E-state index in [9.17, 15) is 0 Å². The minimum absolute atomic E-state index is 0. The van der Waals surface area contributed by atoms with E-state index >= 15 is 0 Å². The quantitative estimate of drug-likeness (QED) is 0.513. The maximum absolute atomic E-state index is 2.46. The summed E-state index contributed by atoms with van der Waals surface area (Å²) in [5.41, 5.74) is 0. The van der Waals surface area contributed by atoms with Crippen LogP contribution in [0.1, 0.15) is 47.5 Å². The van der Waals surface area contributed by atoms with Gasteiger partial charge in [0.15, 0.2) is 0 Å². The second-order valence-corrected chi connectivity index (χ2v) is 4.87. The van der Waals surface area contributed by atoms with Crippen molar-refractivity contribution in [1.29, 1.82) is 0 Å². The van der Waals surface area contributed by atoms with Crippen molar-refractivity contribution in [2.45, 2.75) is 47.5 Å². The summed E-state index contributed by atoms with van der Waals surface area (Å²) < 4.78 is 0. The SMILES string of the molecule is C.CC1CCCC2C(C)C(C)C12. The molecule has 0 radical (unpaired) electrons. The van der Waals surface area contributed by atoms with Gasteiger partial charge in [0, 0.05) is 0 Å². The van der Waals surface area contributed by atoms with E-state index in [1.165, 1.54) is 19.3 Å². The zero-order chi connectivity index (χ0) is 8.01. The van der Waals surface area contributed by atoms with Crippen molar-refractivity contribution >= 4 is 0 Å². The lowest BCUT2D eigenvalue weighted by Crippen LogP contribution is -2.48. The van der Waals surface area contributed by atoms with Gasteiger partial charge in [-0.3, -0.25) is 0 Å². The van der Waals surface area contributed by atoms with Crippen molar-refractivity contribution in [3.63, 3.8) is 0 Å². The van der Waals surface area contributed by atoms with Gasteiger partial charge in [-0.15, -0.1) is 0 Å². The first-order valence-electron chi connectivity index (χ1n) is 5.22. The number of fused-ring (bicyclic) bond motifs is 1. The Hall–Kier alpha value is 0. The van der Waals surface area contributed by atoms with Gasteiger partial charge in [-0.05, 0) is 36.0 Å². The standard InChI is InChI=1S/C11H20.CH4/c1-7-5-4-6-10-8(2)9(3)11(7)10;/h7-11H,4-6H2,1-3H3;1H4. The average molecular weight is 168 g/mol. The Morgan fingerprint density at radius 3 is 2.17 bits per heavy atom. The van der Waals surface area contributed by atoms with E-state index in [4.69, 9.17) is 0 Å². The van der Waals surface area contributed by atoms with E-state index in [0.29, 0.717) is 0 Å². The zero-order valence-corrected chi connectivity index (χ0v) is 8.01. The molecule has 0 aromatic rings. The minimum atomic E-state index is 0. The molecule has 0 aliphatic heterocycles. The summed E-state index contributed by atoms with van der Waals surface area (Å²) in [6, 6.07) is 0. The molecule has 0 spiro atoms. The Labute approximate surface area is 77.7 Å². The third-order valence-electron chi connectivity index (χ3n) is 4.46. The Balaban J connectivity index is 0.000000720. The van der Waals surface area contributed by atoms with Crippen LogP contribution in [0.2, 0.25) is 0 Å². The Morgan fingerprint density at radius 1 is 0.917 bits per heavy atom. The molecule has 2 aliphatic carbocycles. The van der Waals surface area contributed by atoms with Crippen LogP contribution in [0.15, 0.2) is 0 Å². The van der Waals surface area contributed by atoms with E-state index in [1.807, 2.05) is 0 Å². The first kappa shape index (κ1) is 10.1. The van der Waals surface area contributed by atoms with E-state index in [0.717, 1.165) is 29.6 Å². The summed E-state index contributed by atoms with van der Waals surface area (Å²) in [7, 11) is 0. The van der Waals surface area contributed by atoms with Crippen molar-refractivity contribution in [2.24, 2.45) is 29.6 Å². The highest BCUT2D eigenvalue weighted by molar-refractivity contribution is 4.96. The van der Waals surface area contributed by atoms with Crippen LogP contribution in [0.4, 0.5) is 0 Å². The van der Waals surface area contributed by atoms with Crippen LogP contribution in [0.25, 0.3) is 0 Å². The minimum Gasteiger partial charge on any atom is -0.0776 e. The smallest absolute Gasteiger partial charge is 0.0329 e. The molecule has 0 heteroatoms. The predicted molar refractivity (Wildman–Crippen MR) is 55.1 cm³/mol. The molecule has 0 N–H and O–H groups in total. The van der Waals surface area contributed by atoms with Crippen LogP contribution >= 0.6 is 0 Å². The second kappa shape index (κ2) is 3.40. The molecule has 2 rings (SSSR count). The average Bonchev–Trinajstić information content (AvgIpc) is 2.03. The molecule has 0 nitrogen and oxygen atoms in total. The van der Waals surface area contributed by atoms with Crippen LogP contribution in [-0.4, -0.2) is 0 Å². The van der Waals surface area contributed by atoms with Gasteiger partial charge in [-0.2, -0.15) is 0 Å². The van der Waals surface area contributed by atoms with Crippen molar-refractivity contribution in [3.8, 4) is 0 Å². The van der Waals surface area contributed by atoms with Crippen molar-refractivity contribution in [3.05, 3.63) is 0 Å². The van der Waals surface area contributed by atoms with E-state index in [1.54, 1.807) is 0 Å². The molecule has 0 saturated heterocycles. The lowest BCUT2D eigenvalue weighted by molar-refractivity contribution is -0.0646. The molecule has 0 bridgehead atoms. The number of rotatable bonds is 0. The van der Waals surface area contributed by atoms with Crippen molar-refractivity contribution in [1.82, 2.24) is 0 Å². The summed E-state index contributed by atoms with van der Waals surface area (Å²) >= 11 is 0. The summed E-state index contributed by atoms with van der Waals surface area (Å²) in [5.74, 6) is 5.28. The maximum atomic E-state index is 2.46. The molecule has 0 aromatic carbocycles. The van der Waals surface area contributed by atoms with Crippen molar-refractivity contribution in [2.75, 3.05) is 0 Å². The van der Waals surface area contributed by atoms with Gasteiger partial charge in [-0.25, -0.2) is 0 Å². The van der Waals surface area contributed by atoms with Gasteiger partial charge >= 0.3 is 0 Å². The second-order valence-electron chi connectivity index (χ2n) is 4.87. The number of hydrogen-bond acceptors (Lipinski definition) is 0. The fourth-order valence-corrected chi connectivity index (χ4v) is 3.60. The largest absolute Gasteiger partial charge is 0.0776 e. The zero-order valence-electron chi connectivity index (χ0n) is 8.01. The predicted octanol–water partition coefficient (Wildman–Crippen LogP) is 3.96. The van der Waals surface area contributed by atoms with E-state index in [-0.39, 0.29) is 7.43 Å². The highest BCUT2D eigenvalue weighted by Crippen LogP contribution is 2.55. The molecule has 0 aromatic heterocycles. The van der Waals surface area contributed by atoms with Crippen LogP contribution in [0, 0.1) is 29.6 Å². The van der Waals surface area contributed by atoms with Gasteiger partial charge in [0.1, 0.15) is 0 Å². The Kier molecular flexibility index (Phi) is 2.85. The molecule has 2 fully saturated rings. The van der Waals surface area contributed by atoms with Crippen molar-refractivity contribution < 1.29 is 0 Å². The molecule has 5 unspecified atom stereocenters. The van der Waals surface area contributed by atoms with Gasteiger partial charge in [0.05, 0.1) is 0 Å². The maximum Gasteiger partial charge on any atom is -0.0329 e. The van der Waals surface area contributed by atoms with E-state index in [2.05, 4.69) is 20.8 Å². The topological polar surface area (TPSA) is 0 Å². The lowest BCUT2D eigenvalue weighted by atomic mass is 9.50. The molecular formula is C12H24. The first-order chi connectivity index (χ1) is 5.22. The summed E-state index contributed by atoms with van der Waals surface area (Å²) in [6.07, 6.45) is 4.53. The van der Waals surface area contributed by atoms with E-state index < -0.39 is 0 Å². The highest BCUT2D eigenvalue weighted by atomic mass is 14.5. The van der Waals surface area contributed by atoms with Crippen LogP contribution in [0.5, 0.6) is 0 Å². The van der Waals surface area contributed by atoms with Crippen LogP contribution in [-0.2, 0) is 0 Å². The fraction of sp³-hybridized carbons (Fsp3) is 1.00. The first-order valence-corrected chi connectivity index (χ1v) is 5.22. The molecule has 2 saturated carbocycles.